The Balaban J connectivity index is 2.02. The van der Waals surface area contributed by atoms with E-state index in [1.54, 1.807) is 0 Å². The monoisotopic (exact) mass is 229 g/mol. The van der Waals surface area contributed by atoms with Gasteiger partial charge in [0.15, 0.2) is 0 Å². The van der Waals surface area contributed by atoms with Crippen molar-refractivity contribution in [3.8, 4) is 0 Å². The molecule has 1 aromatic rings. The number of benzene rings is 1. The average molecular weight is 229 g/mol. The Labute approximate surface area is 104 Å². The summed E-state index contributed by atoms with van der Waals surface area (Å²) in [5.41, 5.74) is 1.65. The largest absolute Gasteiger partial charge is 0.339 e. The maximum atomic E-state index is 12.2. The highest BCUT2D eigenvalue weighted by Crippen LogP contribution is 2.21. The fourth-order valence-corrected chi connectivity index (χ4v) is 2.31. The van der Waals surface area contributed by atoms with Gasteiger partial charge in [0, 0.05) is 18.7 Å². The lowest BCUT2D eigenvalue weighted by Crippen LogP contribution is -2.38. The summed E-state index contributed by atoms with van der Waals surface area (Å²) in [4.78, 5) is 14.2. The first-order valence-electron chi connectivity index (χ1n) is 6.21. The first-order chi connectivity index (χ1) is 8.20. The maximum absolute atomic E-state index is 12.2. The summed E-state index contributed by atoms with van der Waals surface area (Å²) in [7, 11) is 0. The molecule has 0 atom stereocenters. The second-order valence-electron chi connectivity index (χ2n) is 4.72. The quantitative estimate of drug-likeness (QED) is 0.763. The smallest absolute Gasteiger partial charge is 0.253 e. The van der Waals surface area contributed by atoms with Crippen molar-refractivity contribution in [2.75, 3.05) is 13.1 Å². The summed E-state index contributed by atoms with van der Waals surface area (Å²) in [6, 6.07) is 7.52. The molecule has 1 amide bonds. The van der Waals surface area contributed by atoms with Crippen LogP contribution < -0.4 is 0 Å². The van der Waals surface area contributed by atoms with Crippen LogP contribution in [-0.4, -0.2) is 23.9 Å². The normalized spacial score (nSPS) is 17.2. The van der Waals surface area contributed by atoms with Crippen LogP contribution in [0.3, 0.4) is 0 Å². The Bertz CT molecular complexity index is 392. The maximum Gasteiger partial charge on any atom is 0.253 e. The summed E-state index contributed by atoms with van der Waals surface area (Å²) >= 11 is 0. The number of carbonyl (C=O) groups excluding carboxylic acids is 1. The Kier molecular flexibility index (Phi) is 3.82. The number of carbonyl (C=O) groups is 1. The number of hydrogen-bond acceptors (Lipinski definition) is 1. The van der Waals surface area contributed by atoms with Crippen LogP contribution in [0.25, 0.3) is 0 Å². The molecule has 0 bridgehead atoms. The van der Waals surface area contributed by atoms with Crippen LogP contribution in [0.15, 0.2) is 24.3 Å². The highest BCUT2D eigenvalue weighted by molar-refractivity contribution is 5.94. The Hall–Kier alpha value is -1.31. The number of amides is 1. The minimum Gasteiger partial charge on any atom is -0.339 e. The van der Waals surface area contributed by atoms with Gasteiger partial charge in [-0.1, -0.05) is 25.5 Å². The van der Waals surface area contributed by atoms with Gasteiger partial charge in [0.25, 0.3) is 5.91 Å². The minimum absolute atomic E-state index is 0.137. The van der Waals surface area contributed by atoms with Gasteiger partial charge in [-0.3, -0.25) is 4.79 Å². The molecule has 0 unspecified atom stereocenters. The predicted molar refractivity (Wildman–Crippen MR) is 69.5 cm³/mol. The van der Waals surface area contributed by atoms with Crippen LogP contribution in [0.5, 0.6) is 0 Å². The highest BCUT2D eigenvalue weighted by atomic mass is 16.2. The molecule has 90 valence electrons. The van der Waals surface area contributed by atoms with Gasteiger partial charge in [-0.05, 0) is 43.4 Å². The van der Waals surface area contributed by atoms with E-state index in [0.717, 1.165) is 43.5 Å². The summed E-state index contributed by atoms with van der Waals surface area (Å²) in [6.07, 6.45) is 3.15. The van der Waals surface area contributed by atoms with Crippen LogP contribution in [0.4, 0.5) is 0 Å². The van der Waals surface area contributed by atoms with Gasteiger partial charge in [0.05, 0.1) is 0 Å². The highest BCUT2D eigenvalue weighted by Gasteiger charge is 2.22. The van der Waals surface area contributed by atoms with Crippen molar-refractivity contribution in [3.05, 3.63) is 49.2 Å². The number of likely N-dealkylation sites (tertiary alicyclic amines) is 1. The van der Waals surface area contributed by atoms with E-state index in [4.69, 9.17) is 0 Å². The van der Waals surface area contributed by atoms with Gasteiger partial charge < -0.3 is 4.90 Å². The van der Waals surface area contributed by atoms with E-state index in [1.807, 2.05) is 29.2 Å². The molecule has 2 nitrogen and oxygen atoms in total. The molecule has 0 N–H and O–H groups in total. The second-order valence-corrected chi connectivity index (χ2v) is 4.72. The third kappa shape index (κ3) is 2.87. The summed E-state index contributed by atoms with van der Waals surface area (Å²) < 4.78 is 0. The van der Waals surface area contributed by atoms with Gasteiger partial charge in [0.1, 0.15) is 0 Å². The van der Waals surface area contributed by atoms with E-state index in [9.17, 15) is 4.79 Å². The van der Waals surface area contributed by atoms with Crippen LogP contribution >= 0.6 is 0 Å². The number of nitrogens with zero attached hydrogens (tertiary/aromatic N) is 1. The molecular formula is C15H19NO. The molecule has 0 spiro atoms. The van der Waals surface area contributed by atoms with Crippen molar-refractivity contribution in [3.63, 3.8) is 0 Å². The lowest BCUT2D eigenvalue weighted by Gasteiger charge is -2.31. The summed E-state index contributed by atoms with van der Waals surface area (Å²) in [5.74, 6) is 0.830. The topological polar surface area (TPSA) is 20.3 Å². The molecule has 1 aliphatic rings. The van der Waals surface area contributed by atoms with Gasteiger partial charge in [-0.25, -0.2) is 0 Å². The SMILES string of the molecule is [CH2]CC1CCN(C(=O)c2cccc([CH2])c2)CC1. The Morgan fingerprint density at radius 2 is 2.06 bits per heavy atom. The van der Waals surface area contributed by atoms with E-state index in [-0.39, 0.29) is 5.91 Å². The van der Waals surface area contributed by atoms with Gasteiger partial charge in [0.2, 0.25) is 0 Å². The molecule has 17 heavy (non-hydrogen) atoms. The Morgan fingerprint density at radius 3 is 2.65 bits per heavy atom. The molecule has 2 rings (SSSR count). The van der Waals surface area contributed by atoms with Crippen LogP contribution in [-0.2, 0) is 0 Å². The minimum atomic E-state index is 0.137. The number of rotatable bonds is 2. The summed E-state index contributed by atoms with van der Waals surface area (Å²) in [6.45, 7) is 9.52. The third-order valence-corrected chi connectivity index (χ3v) is 3.48. The Morgan fingerprint density at radius 1 is 1.35 bits per heavy atom. The molecular weight excluding hydrogens is 210 g/mol. The zero-order chi connectivity index (χ0) is 12.3. The molecule has 1 saturated heterocycles. The number of hydrogen-bond donors (Lipinski definition) is 0. The van der Waals surface area contributed by atoms with Crippen molar-refractivity contribution in [1.82, 2.24) is 4.90 Å². The molecule has 1 aliphatic heterocycles. The molecule has 1 heterocycles. The molecule has 1 fully saturated rings. The molecule has 0 aliphatic carbocycles. The van der Waals surface area contributed by atoms with Gasteiger partial charge in [-0.15, -0.1) is 0 Å². The number of piperidine rings is 1. The molecule has 2 heteroatoms. The van der Waals surface area contributed by atoms with E-state index in [1.165, 1.54) is 0 Å². The van der Waals surface area contributed by atoms with Crippen molar-refractivity contribution < 1.29 is 4.79 Å². The van der Waals surface area contributed by atoms with Crippen molar-refractivity contribution in [1.29, 1.82) is 0 Å². The molecule has 1 aromatic carbocycles. The first-order valence-corrected chi connectivity index (χ1v) is 6.21. The van der Waals surface area contributed by atoms with E-state index in [0.29, 0.717) is 5.92 Å². The van der Waals surface area contributed by atoms with Crippen molar-refractivity contribution in [2.45, 2.75) is 19.3 Å². The first kappa shape index (κ1) is 12.2. The van der Waals surface area contributed by atoms with Crippen LogP contribution in [0.1, 0.15) is 35.2 Å². The predicted octanol–water partition coefficient (Wildman–Crippen LogP) is 2.95. The fraction of sp³-hybridized carbons (Fsp3) is 0.400. The zero-order valence-corrected chi connectivity index (χ0v) is 10.2. The van der Waals surface area contributed by atoms with Gasteiger partial charge >= 0.3 is 0 Å². The van der Waals surface area contributed by atoms with Crippen LogP contribution in [0.2, 0.25) is 0 Å². The van der Waals surface area contributed by atoms with E-state index < -0.39 is 0 Å². The molecule has 2 radical (unpaired) electrons. The van der Waals surface area contributed by atoms with Gasteiger partial charge in [-0.2, -0.15) is 0 Å². The third-order valence-electron chi connectivity index (χ3n) is 3.48. The lowest BCUT2D eigenvalue weighted by molar-refractivity contribution is 0.0691. The summed E-state index contributed by atoms with van der Waals surface area (Å²) in [5, 5.41) is 0. The standard InChI is InChI=1S/C15H19NO/c1-3-13-7-9-16(10-8-13)15(17)14-6-4-5-12(2)11-14/h4-6,11,13H,1-3,7-10H2. The fourth-order valence-electron chi connectivity index (χ4n) is 2.31. The van der Waals surface area contributed by atoms with E-state index in [2.05, 4.69) is 13.8 Å². The molecule has 0 aromatic heterocycles. The van der Waals surface area contributed by atoms with Crippen molar-refractivity contribution in [2.24, 2.45) is 5.92 Å². The second kappa shape index (κ2) is 5.35. The zero-order valence-electron chi connectivity index (χ0n) is 10.2. The molecule has 0 saturated carbocycles. The van der Waals surface area contributed by atoms with Crippen LogP contribution in [0, 0.1) is 19.8 Å². The lowest BCUT2D eigenvalue weighted by atomic mass is 9.94. The average Bonchev–Trinajstić information content (AvgIpc) is 2.38. The van der Waals surface area contributed by atoms with Crippen molar-refractivity contribution >= 4 is 5.91 Å². The van der Waals surface area contributed by atoms with E-state index >= 15 is 0 Å².